The molecule has 0 atom stereocenters. The van der Waals surface area contributed by atoms with Gasteiger partial charge in [-0.1, -0.05) is 6.07 Å². The molecular weight excluding hydrogens is 356 g/mol. The van der Waals surface area contributed by atoms with Crippen LogP contribution in [0, 0.1) is 11.3 Å². The molecule has 0 amide bonds. The van der Waals surface area contributed by atoms with Gasteiger partial charge in [0, 0.05) is 12.4 Å². The van der Waals surface area contributed by atoms with Crippen LogP contribution < -0.4 is 5.69 Å². The van der Waals surface area contributed by atoms with E-state index in [2.05, 4.69) is 31.0 Å². The van der Waals surface area contributed by atoms with Crippen LogP contribution in [-0.2, 0) is 6.54 Å². The fraction of sp³-hybridized carbons (Fsp3) is 0.0526. The molecule has 0 saturated carbocycles. The summed E-state index contributed by atoms with van der Waals surface area (Å²) in [5.41, 5.74) is 3.65. The van der Waals surface area contributed by atoms with E-state index in [4.69, 9.17) is 5.26 Å². The van der Waals surface area contributed by atoms with E-state index in [1.165, 1.54) is 0 Å². The quantitative estimate of drug-likeness (QED) is 0.518. The van der Waals surface area contributed by atoms with Gasteiger partial charge in [0.1, 0.15) is 11.8 Å². The molecule has 0 fully saturated rings. The third kappa shape index (κ3) is 2.52. The van der Waals surface area contributed by atoms with E-state index in [-0.39, 0.29) is 5.69 Å². The Morgan fingerprint density at radius 2 is 2.11 bits per heavy atom. The van der Waals surface area contributed by atoms with Crippen molar-refractivity contribution in [2.75, 3.05) is 0 Å². The Morgan fingerprint density at radius 1 is 1.18 bits per heavy atom. The predicted octanol–water partition coefficient (Wildman–Crippen LogP) is 1.77. The lowest BCUT2D eigenvalue weighted by molar-refractivity contribution is 0.771. The van der Waals surface area contributed by atoms with Gasteiger partial charge in [0.25, 0.3) is 0 Å². The van der Waals surface area contributed by atoms with Gasteiger partial charge in [0.2, 0.25) is 5.95 Å². The summed E-state index contributed by atoms with van der Waals surface area (Å²) >= 11 is 0. The van der Waals surface area contributed by atoms with Crippen LogP contribution in [0.25, 0.3) is 28.1 Å². The average molecular weight is 368 g/mol. The molecule has 0 unspecified atom stereocenters. The number of imidazole rings is 2. The van der Waals surface area contributed by atoms with Gasteiger partial charge in [-0.05, 0) is 29.8 Å². The average Bonchev–Trinajstić information content (AvgIpc) is 3.29. The molecule has 9 heteroatoms. The lowest BCUT2D eigenvalue weighted by atomic mass is 10.2. The minimum Gasteiger partial charge on any atom is -0.303 e. The molecule has 134 valence electrons. The Kier molecular flexibility index (Phi) is 3.48. The fourth-order valence-electron chi connectivity index (χ4n) is 3.12. The van der Waals surface area contributed by atoms with Crippen molar-refractivity contribution in [2.24, 2.45) is 0 Å². The lowest BCUT2D eigenvalue weighted by Gasteiger charge is -2.05. The maximum atomic E-state index is 12.4. The zero-order valence-electron chi connectivity index (χ0n) is 14.4. The van der Waals surface area contributed by atoms with Gasteiger partial charge in [-0.2, -0.15) is 10.2 Å². The SMILES string of the molecule is N#Cc1ccc2c(c1)ncn2-c1ncc2[nH]c(=O)n(Cc3cccnc3)c2n1. The van der Waals surface area contributed by atoms with E-state index in [1.807, 2.05) is 12.1 Å². The lowest BCUT2D eigenvalue weighted by Crippen LogP contribution is -2.18. The number of aromatic nitrogens is 7. The van der Waals surface area contributed by atoms with Crippen LogP contribution in [0.3, 0.4) is 0 Å². The van der Waals surface area contributed by atoms with Crippen LogP contribution in [0.4, 0.5) is 0 Å². The fourth-order valence-corrected chi connectivity index (χ4v) is 3.12. The topological polar surface area (TPSA) is 118 Å². The van der Waals surface area contributed by atoms with E-state index in [0.717, 1.165) is 11.1 Å². The largest absolute Gasteiger partial charge is 0.328 e. The molecule has 1 aromatic carbocycles. The van der Waals surface area contributed by atoms with Gasteiger partial charge < -0.3 is 4.98 Å². The van der Waals surface area contributed by atoms with E-state index in [0.29, 0.717) is 34.7 Å². The predicted molar refractivity (Wildman–Crippen MR) is 101 cm³/mol. The minimum atomic E-state index is -0.264. The van der Waals surface area contributed by atoms with Gasteiger partial charge in [-0.25, -0.2) is 14.8 Å². The molecular formula is C19H12N8O. The van der Waals surface area contributed by atoms with Crippen molar-refractivity contribution < 1.29 is 0 Å². The van der Waals surface area contributed by atoms with E-state index in [9.17, 15) is 4.79 Å². The Hall–Kier alpha value is -4.32. The second kappa shape index (κ2) is 6.14. The van der Waals surface area contributed by atoms with E-state index < -0.39 is 0 Å². The van der Waals surface area contributed by atoms with Crippen LogP contribution in [0.1, 0.15) is 11.1 Å². The van der Waals surface area contributed by atoms with Gasteiger partial charge in [0.05, 0.1) is 35.4 Å². The first-order valence-electron chi connectivity index (χ1n) is 8.45. The number of hydrogen-bond acceptors (Lipinski definition) is 6. The molecule has 0 radical (unpaired) electrons. The number of benzene rings is 1. The number of nitrogens with one attached hydrogen (secondary N) is 1. The van der Waals surface area contributed by atoms with Crippen molar-refractivity contribution in [1.29, 1.82) is 5.26 Å². The number of pyridine rings is 1. The van der Waals surface area contributed by atoms with Crippen molar-refractivity contribution in [2.45, 2.75) is 6.54 Å². The van der Waals surface area contributed by atoms with E-state index >= 15 is 0 Å². The Morgan fingerprint density at radius 3 is 2.93 bits per heavy atom. The Bertz CT molecular complexity index is 1420. The molecule has 0 aliphatic carbocycles. The number of nitriles is 1. The first-order chi connectivity index (χ1) is 13.7. The monoisotopic (exact) mass is 368 g/mol. The summed E-state index contributed by atoms with van der Waals surface area (Å²) < 4.78 is 3.27. The molecule has 0 aliphatic rings. The van der Waals surface area contributed by atoms with Crippen LogP contribution in [0.15, 0.2) is 60.0 Å². The highest BCUT2D eigenvalue weighted by Crippen LogP contribution is 2.18. The van der Waals surface area contributed by atoms with Crippen molar-refractivity contribution >= 4 is 22.2 Å². The van der Waals surface area contributed by atoms with Gasteiger partial charge in [0.15, 0.2) is 5.65 Å². The van der Waals surface area contributed by atoms with Crippen LogP contribution in [0.5, 0.6) is 0 Å². The van der Waals surface area contributed by atoms with Crippen LogP contribution in [-0.4, -0.2) is 34.1 Å². The first-order valence-corrected chi connectivity index (χ1v) is 8.45. The Labute approximate surface area is 157 Å². The van der Waals surface area contributed by atoms with E-state index in [1.54, 1.807) is 52.3 Å². The molecule has 4 heterocycles. The van der Waals surface area contributed by atoms with Crippen molar-refractivity contribution in [3.8, 4) is 12.0 Å². The zero-order valence-corrected chi connectivity index (χ0v) is 14.4. The summed E-state index contributed by atoms with van der Waals surface area (Å²) in [6.45, 7) is 0.347. The molecule has 4 aromatic heterocycles. The molecule has 0 saturated heterocycles. The molecule has 1 N–H and O–H groups in total. The molecule has 0 aliphatic heterocycles. The molecule has 5 rings (SSSR count). The number of H-pyrrole nitrogens is 1. The molecule has 28 heavy (non-hydrogen) atoms. The summed E-state index contributed by atoms with van der Waals surface area (Å²) in [4.78, 5) is 32.5. The summed E-state index contributed by atoms with van der Waals surface area (Å²) in [6.07, 6.45) is 6.57. The summed E-state index contributed by atoms with van der Waals surface area (Å²) in [6, 6.07) is 11.0. The number of nitrogens with zero attached hydrogens (tertiary/aromatic N) is 7. The number of aromatic amines is 1. The molecule has 9 nitrogen and oxygen atoms in total. The van der Waals surface area contributed by atoms with Crippen LogP contribution in [0.2, 0.25) is 0 Å². The minimum absolute atomic E-state index is 0.264. The summed E-state index contributed by atoms with van der Waals surface area (Å²) in [7, 11) is 0. The standard InChI is InChI=1S/C19H12N8O/c20-7-12-3-4-16-14(6-12)23-11-27(16)18-22-9-15-17(25-18)26(19(28)24-15)10-13-2-1-5-21-8-13/h1-6,8-9,11H,10H2,(H,24,28). The third-order valence-corrected chi connectivity index (χ3v) is 4.45. The normalized spacial score (nSPS) is 11.1. The molecule has 5 aromatic rings. The van der Waals surface area contributed by atoms with Gasteiger partial charge >= 0.3 is 5.69 Å². The molecule has 0 spiro atoms. The smallest absolute Gasteiger partial charge is 0.303 e. The van der Waals surface area contributed by atoms with Gasteiger partial charge in [-0.3, -0.25) is 14.1 Å². The first kappa shape index (κ1) is 15.9. The highest BCUT2D eigenvalue weighted by atomic mass is 16.1. The molecule has 0 bridgehead atoms. The highest BCUT2D eigenvalue weighted by Gasteiger charge is 2.13. The van der Waals surface area contributed by atoms with Gasteiger partial charge in [-0.15, -0.1) is 0 Å². The maximum Gasteiger partial charge on any atom is 0.328 e. The number of rotatable bonds is 3. The maximum absolute atomic E-state index is 12.4. The highest BCUT2D eigenvalue weighted by molar-refractivity contribution is 5.79. The summed E-state index contributed by atoms with van der Waals surface area (Å²) in [5, 5.41) is 9.04. The summed E-state index contributed by atoms with van der Waals surface area (Å²) in [5.74, 6) is 0.388. The second-order valence-corrected chi connectivity index (χ2v) is 6.21. The Balaban J connectivity index is 1.65. The second-order valence-electron chi connectivity index (χ2n) is 6.21. The number of fused-ring (bicyclic) bond motifs is 2. The number of hydrogen-bond donors (Lipinski definition) is 1. The van der Waals surface area contributed by atoms with Crippen molar-refractivity contribution in [3.05, 3.63) is 76.9 Å². The zero-order chi connectivity index (χ0) is 19.1. The third-order valence-electron chi connectivity index (χ3n) is 4.45. The van der Waals surface area contributed by atoms with Crippen LogP contribution >= 0.6 is 0 Å². The van der Waals surface area contributed by atoms with Crippen molar-refractivity contribution in [1.82, 2.24) is 34.1 Å². The van der Waals surface area contributed by atoms with Crippen molar-refractivity contribution in [3.63, 3.8) is 0 Å².